The maximum atomic E-state index is 11.5. The average Bonchev–Trinajstić information content (AvgIpc) is 2.21. The van der Waals surface area contributed by atoms with E-state index in [1.165, 1.54) is 0 Å². The first-order chi connectivity index (χ1) is 7.10. The lowest BCUT2D eigenvalue weighted by Crippen LogP contribution is -2.07. The van der Waals surface area contributed by atoms with Gasteiger partial charge in [0.25, 0.3) is 0 Å². The monoisotopic (exact) mass is 270 g/mol. The lowest BCUT2D eigenvalue weighted by Gasteiger charge is -2.07. The lowest BCUT2D eigenvalue weighted by atomic mass is 10.1. The molecule has 0 aromatic heterocycles. The molecule has 1 rings (SSSR count). The number of carbonyl (C=O) groups is 2. The number of hydrogen-bond acceptors (Lipinski definition) is 3. The van der Waals surface area contributed by atoms with Crippen molar-refractivity contribution < 1.29 is 14.3 Å². The van der Waals surface area contributed by atoms with E-state index in [4.69, 9.17) is 4.74 Å². The topological polar surface area (TPSA) is 43.4 Å². The van der Waals surface area contributed by atoms with Gasteiger partial charge in [0, 0.05) is 10.0 Å². The van der Waals surface area contributed by atoms with Crippen molar-refractivity contribution >= 4 is 28.2 Å². The molecule has 80 valence electrons. The molecule has 0 spiro atoms. The fraction of sp³-hybridized carbons (Fsp3) is 0.273. The molecule has 0 fully saturated rings. The minimum absolute atomic E-state index is 0.315. The molecule has 0 heterocycles. The molecule has 0 aliphatic rings. The van der Waals surface area contributed by atoms with E-state index in [2.05, 4.69) is 15.9 Å². The predicted octanol–water partition coefficient (Wildman–Crippen LogP) is 2.75. The Balaban J connectivity index is 3.22. The van der Waals surface area contributed by atoms with Gasteiger partial charge >= 0.3 is 5.97 Å². The molecule has 0 N–H and O–H groups in total. The zero-order chi connectivity index (χ0) is 11.4. The van der Waals surface area contributed by atoms with Crippen molar-refractivity contribution in [3.63, 3.8) is 0 Å². The highest BCUT2D eigenvalue weighted by atomic mass is 79.9. The van der Waals surface area contributed by atoms with Crippen molar-refractivity contribution in [1.82, 2.24) is 0 Å². The first kappa shape index (κ1) is 11.9. The lowest BCUT2D eigenvalue weighted by molar-refractivity contribution is 0.0525. The van der Waals surface area contributed by atoms with Crippen LogP contribution in [0.1, 0.15) is 33.2 Å². The quantitative estimate of drug-likeness (QED) is 0.627. The second-order valence-corrected chi connectivity index (χ2v) is 3.85. The molecule has 0 saturated heterocycles. The Hall–Kier alpha value is -1.16. The van der Waals surface area contributed by atoms with Crippen LogP contribution in [-0.4, -0.2) is 18.9 Å². The normalized spacial score (nSPS) is 9.80. The number of aryl methyl sites for hydroxylation is 1. The van der Waals surface area contributed by atoms with Gasteiger partial charge in [0.1, 0.15) is 0 Å². The summed E-state index contributed by atoms with van der Waals surface area (Å²) < 4.78 is 5.37. The van der Waals surface area contributed by atoms with Crippen molar-refractivity contribution in [3.8, 4) is 0 Å². The molecule has 1 aromatic rings. The number of carbonyl (C=O) groups excluding carboxylic acids is 2. The third kappa shape index (κ3) is 2.65. The van der Waals surface area contributed by atoms with Gasteiger partial charge in [0.15, 0.2) is 6.29 Å². The van der Waals surface area contributed by atoms with E-state index in [9.17, 15) is 9.59 Å². The molecule has 1 aromatic carbocycles. The van der Waals surface area contributed by atoms with Gasteiger partial charge in [-0.1, -0.05) is 0 Å². The molecular formula is C11H11BrO3. The van der Waals surface area contributed by atoms with Crippen LogP contribution in [0.2, 0.25) is 0 Å². The Morgan fingerprint density at radius 1 is 1.53 bits per heavy atom. The molecule has 0 atom stereocenters. The highest BCUT2D eigenvalue weighted by molar-refractivity contribution is 9.10. The van der Waals surface area contributed by atoms with Gasteiger partial charge in [-0.2, -0.15) is 0 Å². The van der Waals surface area contributed by atoms with Crippen LogP contribution in [0.5, 0.6) is 0 Å². The van der Waals surface area contributed by atoms with Gasteiger partial charge in [-0.15, -0.1) is 0 Å². The fourth-order valence-corrected chi connectivity index (χ4v) is 1.72. The number of benzene rings is 1. The van der Waals surface area contributed by atoms with E-state index >= 15 is 0 Å². The SMILES string of the molecule is CCOC(=O)c1cc(C)cc(C=O)c1Br. The van der Waals surface area contributed by atoms with Gasteiger partial charge in [0.05, 0.1) is 12.2 Å². The zero-order valence-corrected chi connectivity index (χ0v) is 10.1. The number of esters is 1. The number of aldehydes is 1. The molecule has 3 nitrogen and oxygen atoms in total. The summed E-state index contributed by atoms with van der Waals surface area (Å²) in [5, 5.41) is 0. The van der Waals surface area contributed by atoms with Crippen molar-refractivity contribution in [2.45, 2.75) is 13.8 Å². The first-order valence-electron chi connectivity index (χ1n) is 4.52. The second-order valence-electron chi connectivity index (χ2n) is 3.05. The van der Waals surface area contributed by atoms with Gasteiger partial charge in [0.2, 0.25) is 0 Å². The third-order valence-electron chi connectivity index (χ3n) is 1.87. The van der Waals surface area contributed by atoms with Gasteiger partial charge < -0.3 is 4.74 Å². The van der Waals surface area contributed by atoms with E-state index in [-0.39, 0.29) is 0 Å². The summed E-state index contributed by atoms with van der Waals surface area (Å²) in [5.74, 6) is -0.420. The molecule has 4 heteroatoms. The molecule has 0 saturated carbocycles. The highest BCUT2D eigenvalue weighted by Crippen LogP contribution is 2.23. The summed E-state index contributed by atoms with van der Waals surface area (Å²) in [6.07, 6.45) is 0.708. The van der Waals surface area contributed by atoms with E-state index in [0.717, 1.165) is 5.56 Å². The first-order valence-corrected chi connectivity index (χ1v) is 5.32. The Kier molecular flexibility index (Phi) is 4.03. The number of ether oxygens (including phenoxy) is 1. The van der Waals surface area contributed by atoms with E-state index in [1.54, 1.807) is 19.1 Å². The van der Waals surface area contributed by atoms with Crippen molar-refractivity contribution in [2.75, 3.05) is 6.61 Å². The van der Waals surface area contributed by atoms with E-state index < -0.39 is 5.97 Å². The minimum Gasteiger partial charge on any atom is -0.462 e. The largest absolute Gasteiger partial charge is 0.462 e. The summed E-state index contributed by atoms with van der Waals surface area (Å²) >= 11 is 3.21. The van der Waals surface area contributed by atoms with Gasteiger partial charge in [-0.05, 0) is 47.5 Å². The Bertz CT molecular complexity index is 399. The summed E-state index contributed by atoms with van der Waals surface area (Å²) in [5.41, 5.74) is 1.69. The Labute approximate surface area is 96.6 Å². The summed E-state index contributed by atoms with van der Waals surface area (Å²) in [6.45, 7) is 3.88. The number of hydrogen-bond donors (Lipinski definition) is 0. The fourth-order valence-electron chi connectivity index (χ4n) is 1.24. The maximum Gasteiger partial charge on any atom is 0.339 e. The van der Waals surface area contributed by atoms with Crippen LogP contribution in [-0.2, 0) is 4.74 Å². The maximum absolute atomic E-state index is 11.5. The number of halogens is 1. The van der Waals surface area contributed by atoms with Crippen LogP contribution >= 0.6 is 15.9 Å². The third-order valence-corrected chi connectivity index (χ3v) is 2.75. The second kappa shape index (κ2) is 5.07. The van der Waals surface area contributed by atoms with Crippen LogP contribution in [0.4, 0.5) is 0 Å². The molecule has 15 heavy (non-hydrogen) atoms. The summed E-state index contributed by atoms with van der Waals surface area (Å²) in [6, 6.07) is 3.40. The minimum atomic E-state index is -0.420. The molecule has 0 bridgehead atoms. The summed E-state index contributed by atoms with van der Waals surface area (Å²) in [4.78, 5) is 22.2. The number of rotatable bonds is 3. The van der Waals surface area contributed by atoms with Crippen molar-refractivity contribution in [1.29, 1.82) is 0 Å². The zero-order valence-electron chi connectivity index (χ0n) is 8.54. The molecule has 0 amide bonds. The van der Waals surface area contributed by atoms with Crippen molar-refractivity contribution in [2.24, 2.45) is 0 Å². The van der Waals surface area contributed by atoms with Crippen LogP contribution in [0.15, 0.2) is 16.6 Å². The van der Waals surface area contributed by atoms with Gasteiger partial charge in [-0.25, -0.2) is 4.79 Å². The molecular weight excluding hydrogens is 260 g/mol. The molecule has 0 aliphatic heterocycles. The standard InChI is InChI=1S/C11H11BrO3/c1-3-15-11(14)9-5-7(2)4-8(6-13)10(9)12/h4-6H,3H2,1-2H3. The van der Waals surface area contributed by atoms with Crippen LogP contribution < -0.4 is 0 Å². The molecule has 0 radical (unpaired) electrons. The smallest absolute Gasteiger partial charge is 0.339 e. The van der Waals surface area contributed by atoms with E-state index in [0.29, 0.717) is 28.5 Å². The molecule has 0 unspecified atom stereocenters. The average molecular weight is 271 g/mol. The molecule has 0 aliphatic carbocycles. The Morgan fingerprint density at radius 3 is 2.73 bits per heavy atom. The van der Waals surface area contributed by atoms with Crippen LogP contribution in [0, 0.1) is 6.92 Å². The summed E-state index contributed by atoms with van der Waals surface area (Å²) in [7, 11) is 0. The highest BCUT2D eigenvalue weighted by Gasteiger charge is 2.14. The predicted molar refractivity (Wildman–Crippen MR) is 60.2 cm³/mol. The van der Waals surface area contributed by atoms with Gasteiger partial charge in [-0.3, -0.25) is 4.79 Å². The van der Waals surface area contributed by atoms with E-state index in [1.807, 2.05) is 6.92 Å². The van der Waals surface area contributed by atoms with Crippen LogP contribution in [0.25, 0.3) is 0 Å². The van der Waals surface area contributed by atoms with Crippen molar-refractivity contribution in [3.05, 3.63) is 33.3 Å². The Morgan fingerprint density at radius 2 is 2.20 bits per heavy atom. The van der Waals surface area contributed by atoms with Crippen LogP contribution in [0.3, 0.4) is 0 Å².